The Morgan fingerprint density at radius 1 is 1.45 bits per heavy atom. The van der Waals surface area contributed by atoms with Crippen LogP contribution in [0.3, 0.4) is 0 Å². The number of anilines is 1. The number of aliphatic hydroxyl groups excluding tert-OH is 1. The summed E-state index contributed by atoms with van der Waals surface area (Å²) in [5, 5.41) is 16.8. The molecule has 2 rings (SSSR count). The summed E-state index contributed by atoms with van der Waals surface area (Å²) in [6, 6.07) is 0. The maximum absolute atomic E-state index is 12.2. The molecule has 1 aromatic heterocycles. The van der Waals surface area contributed by atoms with Crippen LogP contribution in [0.1, 0.15) is 48.0 Å². The minimum atomic E-state index is -0.274. The Balaban J connectivity index is 1.91. The molecule has 0 unspecified atom stereocenters. The van der Waals surface area contributed by atoms with Crippen molar-refractivity contribution in [1.29, 1.82) is 0 Å². The molecule has 0 spiro atoms. The minimum Gasteiger partial charge on any atom is -0.393 e. The molecule has 1 amide bonds. The van der Waals surface area contributed by atoms with Gasteiger partial charge >= 0.3 is 0 Å². The SMILES string of the molecule is CCNc1nc(C)c(C(=O)NC[C@@H]2CCCC[C@@H]2O)s1. The zero-order chi connectivity index (χ0) is 14.5. The molecular formula is C14H23N3O2S. The van der Waals surface area contributed by atoms with Crippen LogP contribution in [0.5, 0.6) is 0 Å². The van der Waals surface area contributed by atoms with Gasteiger partial charge in [-0.05, 0) is 26.7 Å². The molecule has 0 saturated heterocycles. The highest BCUT2D eigenvalue weighted by Crippen LogP contribution is 2.25. The van der Waals surface area contributed by atoms with Crippen LogP contribution in [0.4, 0.5) is 5.13 Å². The van der Waals surface area contributed by atoms with E-state index >= 15 is 0 Å². The fraction of sp³-hybridized carbons (Fsp3) is 0.714. The fourth-order valence-corrected chi connectivity index (χ4v) is 3.51. The Morgan fingerprint density at radius 2 is 2.20 bits per heavy atom. The molecule has 3 N–H and O–H groups in total. The number of rotatable bonds is 5. The third kappa shape index (κ3) is 3.70. The number of carbonyl (C=O) groups is 1. The highest BCUT2D eigenvalue weighted by molar-refractivity contribution is 7.17. The number of aliphatic hydroxyl groups is 1. The van der Waals surface area contributed by atoms with Crippen molar-refractivity contribution >= 4 is 22.4 Å². The first kappa shape index (κ1) is 15.3. The van der Waals surface area contributed by atoms with Gasteiger partial charge in [0.05, 0.1) is 11.8 Å². The molecule has 1 heterocycles. The van der Waals surface area contributed by atoms with Crippen LogP contribution in [0, 0.1) is 12.8 Å². The van der Waals surface area contributed by atoms with Gasteiger partial charge in [0.15, 0.2) is 5.13 Å². The normalized spacial score (nSPS) is 22.6. The summed E-state index contributed by atoms with van der Waals surface area (Å²) in [5.41, 5.74) is 0.757. The standard InChI is InChI=1S/C14H23N3O2S/c1-3-15-14-17-9(2)12(20-14)13(19)16-8-10-6-4-5-7-11(10)18/h10-11,18H,3-8H2,1-2H3,(H,15,17)(H,16,19)/t10-,11-/m0/s1. The van der Waals surface area contributed by atoms with E-state index in [1.165, 1.54) is 11.3 Å². The van der Waals surface area contributed by atoms with Gasteiger partial charge in [-0.1, -0.05) is 24.2 Å². The van der Waals surface area contributed by atoms with Crippen molar-refractivity contribution in [1.82, 2.24) is 10.3 Å². The van der Waals surface area contributed by atoms with Gasteiger partial charge in [-0.25, -0.2) is 4.98 Å². The van der Waals surface area contributed by atoms with Crippen LogP contribution >= 0.6 is 11.3 Å². The second kappa shape index (κ2) is 7.04. The van der Waals surface area contributed by atoms with E-state index in [9.17, 15) is 9.90 Å². The first-order valence-electron chi connectivity index (χ1n) is 7.29. The summed E-state index contributed by atoms with van der Waals surface area (Å²) in [7, 11) is 0. The van der Waals surface area contributed by atoms with Gasteiger partial charge in [0.2, 0.25) is 0 Å². The Morgan fingerprint density at radius 3 is 2.90 bits per heavy atom. The lowest BCUT2D eigenvalue weighted by molar-refractivity contribution is 0.0664. The van der Waals surface area contributed by atoms with Crippen molar-refractivity contribution in [3.63, 3.8) is 0 Å². The number of hydrogen-bond donors (Lipinski definition) is 3. The van der Waals surface area contributed by atoms with E-state index in [1.54, 1.807) is 0 Å². The molecule has 2 atom stereocenters. The molecule has 0 bridgehead atoms. The zero-order valence-corrected chi connectivity index (χ0v) is 12.9. The summed E-state index contributed by atoms with van der Waals surface area (Å²) in [6.07, 6.45) is 3.80. The highest BCUT2D eigenvalue weighted by atomic mass is 32.1. The van der Waals surface area contributed by atoms with E-state index in [1.807, 2.05) is 13.8 Å². The summed E-state index contributed by atoms with van der Waals surface area (Å²) in [5.74, 6) is 0.107. The minimum absolute atomic E-state index is 0.0815. The maximum Gasteiger partial charge on any atom is 0.263 e. The molecule has 1 fully saturated rings. The molecule has 112 valence electrons. The Hall–Kier alpha value is -1.14. The highest BCUT2D eigenvalue weighted by Gasteiger charge is 2.24. The third-order valence-electron chi connectivity index (χ3n) is 3.72. The Bertz CT molecular complexity index is 461. The second-order valence-corrected chi connectivity index (χ2v) is 6.28. The second-order valence-electron chi connectivity index (χ2n) is 5.29. The maximum atomic E-state index is 12.2. The molecule has 1 aromatic rings. The fourth-order valence-electron chi connectivity index (χ4n) is 2.56. The first-order chi connectivity index (χ1) is 9.61. The first-order valence-corrected chi connectivity index (χ1v) is 8.11. The molecule has 1 aliphatic rings. The van der Waals surface area contributed by atoms with E-state index < -0.39 is 0 Å². The van der Waals surface area contributed by atoms with E-state index in [2.05, 4.69) is 15.6 Å². The average Bonchev–Trinajstić information content (AvgIpc) is 2.79. The monoisotopic (exact) mass is 297 g/mol. The smallest absolute Gasteiger partial charge is 0.263 e. The number of carbonyl (C=O) groups excluding carboxylic acids is 1. The van der Waals surface area contributed by atoms with Crippen LogP contribution in [-0.2, 0) is 0 Å². The number of aromatic nitrogens is 1. The summed E-state index contributed by atoms with van der Waals surface area (Å²) in [6.45, 7) is 5.19. The molecule has 5 nitrogen and oxygen atoms in total. The summed E-state index contributed by atoms with van der Waals surface area (Å²) in [4.78, 5) is 17.2. The van der Waals surface area contributed by atoms with E-state index in [0.717, 1.165) is 43.1 Å². The predicted octanol–water partition coefficient (Wildman–Crippen LogP) is 2.16. The lowest BCUT2D eigenvalue weighted by Gasteiger charge is -2.27. The lowest BCUT2D eigenvalue weighted by atomic mass is 9.86. The molecule has 1 aliphatic carbocycles. The molecular weight excluding hydrogens is 274 g/mol. The number of hydrogen-bond acceptors (Lipinski definition) is 5. The topological polar surface area (TPSA) is 74.2 Å². The molecule has 0 aliphatic heterocycles. The van der Waals surface area contributed by atoms with Crippen molar-refractivity contribution < 1.29 is 9.90 Å². The Kier molecular flexibility index (Phi) is 5.37. The molecule has 0 aromatic carbocycles. The quantitative estimate of drug-likeness (QED) is 0.778. The van der Waals surface area contributed by atoms with Crippen LogP contribution in [0.15, 0.2) is 0 Å². The Labute approximate surface area is 123 Å². The number of nitrogens with one attached hydrogen (secondary N) is 2. The van der Waals surface area contributed by atoms with Crippen molar-refractivity contribution in [3.05, 3.63) is 10.6 Å². The van der Waals surface area contributed by atoms with E-state index in [0.29, 0.717) is 11.4 Å². The van der Waals surface area contributed by atoms with Gasteiger partial charge in [0.25, 0.3) is 5.91 Å². The average molecular weight is 297 g/mol. The molecule has 0 radical (unpaired) electrons. The largest absolute Gasteiger partial charge is 0.393 e. The van der Waals surface area contributed by atoms with Gasteiger partial charge in [-0.3, -0.25) is 4.79 Å². The van der Waals surface area contributed by atoms with Crippen LogP contribution in [0.2, 0.25) is 0 Å². The van der Waals surface area contributed by atoms with Crippen molar-refractivity contribution in [2.75, 3.05) is 18.4 Å². The molecule has 6 heteroatoms. The van der Waals surface area contributed by atoms with Crippen LogP contribution in [-0.4, -0.2) is 35.2 Å². The van der Waals surface area contributed by atoms with E-state index in [-0.39, 0.29) is 17.9 Å². The zero-order valence-electron chi connectivity index (χ0n) is 12.1. The summed E-state index contributed by atoms with van der Waals surface area (Å²) >= 11 is 1.38. The number of thiazole rings is 1. The van der Waals surface area contributed by atoms with Gasteiger partial charge in [-0.15, -0.1) is 0 Å². The van der Waals surface area contributed by atoms with Crippen LogP contribution in [0.25, 0.3) is 0 Å². The predicted molar refractivity (Wildman–Crippen MR) is 81.3 cm³/mol. The van der Waals surface area contributed by atoms with Gasteiger partial charge in [-0.2, -0.15) is 0 Å². The van der Waals surface area contributed by atoms with Crippen LogP contribution < -0.4 is 10.6 Å². The van der Waals surface area contributed by atoms with Crippen molar-refractivity contribution in [3.8, 4) is 0 Å². The van der Waals surface area contributed by atoms with Crippen molar-refractivity contribution in [2.45, 2.75) is 45.6 Å². The van der Waals surface area contributed by atoms with Gasteiger partial charge in [0.1, 0.15) is 4.88 Å². The third-order valence-corrected chi connectivity index (χ3v) is 4.84. The van der Waals surface area contributed by atoms with Gasteiger partial charge < -0.3 is 15.7 Å². The summed E-state index contributed by atoms with van der Waals surface area (Å²) < 4.78 is 0. The number of aryl methyl sites for hydroxylation is 1. The van der Waals surface area contributed by atoms with Gasteiger partial charge in [0, 0.05) is 19.0 Å². The number of amides is 1. The number of nitrogens with zero attached hydrogens (tertiary/aromatic N) is 1. The lowest BCUT2D eigenvalue weighted by Crippen LogP contribution is -2.36. The molecule has 20 heavy (non-hydrogen) atoms. The molecule has 1 saturated carbocycles. The van der Waals surface area contributed by atoms with E-state index in [4.69, 9.17) is 0 Å². The van der Waals surface area contributed by atoms with Crippen molar-refractivity contribution in [2.24, 2.45) is 5.92 Å².